The Hall–Kier alpha value is -1.87. The molecule has 0 bridgehead atoms. The molecule has 0 saturated heterocycles. The minimum atomic E-state index is 0.692. The fraction of sp³-hybridized carbons (Fsp3) is 0.353. The Balaban J connectivity index is 1.78. The van der Waals surface area contributed by atoms with Crippen LogP contribution in [0.5, 0.6) is 11.5 Å². The summed E-state index contributed by atoms with van der Waals surface area (Å²) in [5.74, 6) is 1.72. The summed E-state index contributed by atoms with van der Waals surface area (Å²) in [5, 5.41) is 3.51. The molecule has 0 aliphatic heterocycles. The predicted molar refractivity (Wildman–Crippen MR) is 80.1 cm³/mol. The number of aryl methyl sites for hydroxylation is 2. The summed E-state index contributed by atoms with van der Waals surface area (Å²) in [6.07, 6.45) is 6.19. The van der Waals surface area contributed by atoms with Crippen LogP contribution >= 0.6 is 0 Å². The second-order valence-corrected chi connectivity index (χ2v) is 5.56. The van der Waals surface area contributed by atoms with Crippen LogP contribution in [-0.2, 0) is 6.54 Å². The van der Waals surface area contributed by atoms with Gasteiger partial charge in [0.05, 0.1) is 6.20 Å². The Morgan fingerprint density at radius 3 is 2.65 bits per heavy atom. The molecule has 1 aliphatic carbocycles. The lowest BCUT2D eigenvalue weighted by atomic mass is 10.1. The zero-order valence-corrected chi connectivity index (χ0v) is 12.0. The Morgan fingerprint density at radius 2 is 1.95 bits per heavy atom. The third-order valence-corrected chi connectivity index (χ3v) is 3.45. The lowest BCUT2D eigenvalue weighted by Crippen LogP contribution is -2.15. The van der Waals surface area contributed by atoms with Crippen molar-refractivity contribution in [2.24, 2.45) is 0 Å². The first kappa shape index (κ1) is 13.1. The number of hydrogen-bond acceptors (Lipinski definition) is 3. The van der Waals surface area contributed by atoms with Crippen molar-refractivity contribution in [3.05, 3.63) is 53.3 Å². The van der Waals surface area contributed by atoms with E-state index in [1.807, 2.05) is 12.3 Å². The molecule has 20 heavy (non-hydrogen) atoms. The number of hydrogen-bond donors (Lipinski definition) is 1. The molecule has 1 aromatic heterocycles. The van der Waals surface area contributed by atoms with Gasteiger partial charge in [-0.15, -0.1) is 0 Å². The van der Waals surface area contributed by atoms with E-state index in [-0.39, 0.29) is 0 Å². The van der Waals surface area contributed by atoms with E-state index in [1.165, 1.54) is 24.0 Å². The van der Waals surface area contributed by atoms with Crippen molar-refractivity contribution in [1.29, 1.82) is 0 Å². The van der Waals surface area contributed by atoms with Crippen LogP contribution in [0, 0.1) is 13.8 Å². The summed E-state index contributed by atoms with van der Waals surface area (Å²) in [7, 11) is 0. The van der Waals surface area contributed by atoms with Crippen LogP contribution in [0.1, 0.15) is 29.5 Å². The third kappa shape index (κ3) is 3.36. The van der Waals surface area contributed by atoms with E-state index in [9.17, 15) is 0 Å². The minimum absolute atomic E-state index is 0.692. The molecule has 1 heterocycles. The van der Waals surface area contributed by atoms with Gasteiger partial charge in [-0.2, -0.15) is 0 Å². The first-order valence-corrected chi connectivity index (χ1v) is 7.13. The molecule has 1 N–H and O–H groups in total. The molecule has 3 rings (SSSR count). The molecular weight excluding hydrogens is 248 g/mol. The highest BCUT2D eigenvalue weighted by Crippen LogP contribution is 2.27. The standard InChI is InChI=1S/C17H20N2O/c1-12-7-13(2)9-16(8-12)20-17-11-18-6-5-14(17)10-19-15-3-4-15/h5-9,11,15,19H,3-4,10H2,1-2H3. The molecule has 0 unspecified atom stereocenters. The average molecular weight is 268 g/mol. The number of aromatic nitrogens is 1. The lowest BCUT2D eigenvalue weighted by Gasteiger charge is -2.12. The van der Waals surface area contributed by atoms with Gasteiger partial charge in [-0.05, 0) is 56.0 Å². The molecule has 1 fully saturated rings. The number of pyridine rings is 1. The average Bonchev–Trinajstić information content (AvgIpc) is 3.20. The zero-order valence-electron chi connectivity index (χ0n) is 12.0. The zero-order chi connectivity index (χ0) is 13.9. The summed E-state index contributed by atoms with van der Waals surface area (Å²) in [6, 6.07) is 8.96. The fourth-order valence-electron chi connectivity index (χ4n) is 2.31. The number of rotatable bonds is 5. The fourth-order valence-corrected chi connectivity index (χ4v) is 2.31. The first-order chi connectivity index (χ1) is 9.70. The Kier molecular flexibility index (Phi) is 3.70. The van der Waals surface area contributed by atoms with Gasteiger partial charge in [-0.3, -0.25) is 4.98 Å². The summed E-state index contributed by atoms with van der Waals surface area (Å²) in [5.41, 5.74) is 3.58. The highest BCUT2D eigenvalue weighted by atomic mass is 16.5. The second kappa shape index (κ2) is 5.63. The third-order valence-electron chi connectivity index (χ3n) is 3.45. The summed E-state index contributed by atoms with van der Waals surface area (Å²) in [4.78, 5) is 4.18. The summed E-state index contributed by atoms with van der Waals surface area (Å²) in [6.45, 7) is 5.00. The van der Waals surface area contributed by atoms with Gasteiger partial charge in [0.15, 0.2) is 0 Å². The van der Waals surface area contributed by atoms with Gasteiger partial charge < -0.3 is 10.1 Å². The van der Waals surface area contributed by atoms with E-state index in [0.29, 0.717) is 6.04 Å². The Labute approximate surface area is 120 Å². The molecule has 0 amide bonds. The molecule has 0 spiro atoms. The van der Waals surface area contributed by atoms with Gasteiger partial charge >= 0.3 is 0 Å². The van der Waals surface area contributed by atoms with E-state index in [1.54, 1.807) is 6.20 Å². The SMILES string of the molecule is Cc1cc(C)cc(Oc2cnccc2CNC2CC2)c1. The maximum absolute atomic E-state index is 6.02. The largest absolute Gasteiger partial charge is 0.455 e. The maximum Gasteiger partial charge on any atom is 0.150 e. The second-order valence-electron chi connectivity index (χ2n) is 5.56. The molecular formula is C17H20N2O. The monoisotopic (exact) mass is 268 g/mol. The summed E-state index contributed by atoms with van der Waals surface area (Å²) < 4.78 is 6.02. The molecule has 3 nitrogen and oxygen atoms in total. The smallest absolute Gasteiger partial charge is 0.150 e. The molecule has 1 aliphatic rings. The van der Waals surface area contributed by atoms with Gasteiger partial charge in [0, 0.05) is 24.3 Å². The highest BCUT2D eigenvalue weighted by molar-refractivity contribution is 5.39. The molecule has 3 heteroatoms. The molecule has 1 aromatic carbocycles. The Morgan fingerprint density at radius 1 is 1.20 bits per heavy atom. The number of ether oxygens (including phenoxy) is 1. The van der Waals surface area contributed by atoms with Crippen LogP contribution in [-0.4, -0.2) is 11.0 Å². The quantitative estimate of drug-likeness (QED) is 0.897. The van der Waals surface area contributed by atoms with E-state index >= 15 is 0 Å². The molecule has 2 aromatic rings. The van der Waals surface area contributed by atoms with E-state index in [2.05, 4.69) is 42.3 Å². The van der Waals surface area contributed by atoms with Crippen LogP contribution in [0.4, 0.5) is 0 Å². The maximum atomic E-state index is 6.02. The number of nitrogens with one attached hydrogen (secondary N) is 1. The highest BCUT2D eigenvalue weighted by Gasteiger charge is 2.20. The van der Waals surface area contributed by atoms with Crippen molar-refractivity contribution >= 4 is 0 Å². The predicted octanol–water partition coefficient (Wildman–Crippen LogP) is 3.74. The van der Waals surface area contributed by atoms with Crippen LogP contribution < -0.4 is 10.1 Å². The van der Waals surface area contributed by atoms with E-state index < -0.39 is 0 Å². The van der Waals surface area contributed by atoms with Crippen LogP contribution in [0.25, 0.3) is 0 Å². The van der Waals surface area contributed by atoms with Gasteiger partial charge in [0.25, 0.3) is 0 Å². The van der Waals surface area contributed by atoms with Crippen molar-refractivity contribution in [3.8, 4) is 11.5 Å². The van der Waals surface area contributed by atoms with Gasteiger partial charge in [-0.1, -0.05) is 6.07 Å². The molecule has 104 valence electrons. The van der Waals surface area contributed by atoms with Crippen LogP contribution in [0.15, 0.2) is 36.7 Å². The van der Waals surface area contributed by atoms with Crippen molar-refractivity contribution < 1.29 is 4.74 Å². The van der Waals surface area contributed by atoms with Crippen molar-refractivity contribution in [3.63, 3.8) is 0 Å². The van der Waals surface area contributed by atoms with Gasteiger partial charge in [-0.25, -0.2) is 0 Å². The van der Waals surface area contributed by atoms with E-state index in [4.69, 9.17) is 4.74 Å². The minimum Gasteiger partial charge on any atom is -0.455 e. The topological polar surface area (TPSA) is 34.1 Å². The van der Waals surface area contributed by atoms with E-state index in [0.717, 1.165) is 23.6 Å². The number of benzene rings is 1. The molecule has 0 radical (unpaired) electrons. The van der Waals surface area contributed by atoms with Crippen molar-refractivity contribution in [1.82, 2.24) is 10.3 Å². The molecule has 1 saturated carbocycles. The first-order valence-electron chi connectivity index (χ1n) is 7.13. The van der Waals surface area contributed by atoms with Gasteiger partial charge in [0.2, 0.25) is 0 Å². The molecule has 0 atom stereocenters. The number of nitrogens with zero attached hydrogens (tertiary/aromatic N) is 1. The normalized spacial score (nSPS) is 14.3. The van der Waals surface area contributed by atoms with Crippen LogP contribution in [0.3, 0.4) is 0 Å². The Bertz CT molecular complexity index is 585. The van der Waals surface area contributed by atoms with Gasteiger partial charge in [0.1, 0.15) is 11.5 Å². The van der Waals surface area contributed by atoms with Crippen LogP contribution in [0.2, 0.25) is 0 Å². The van der Waals surface area contributed by atoms with Crippen molar-refractivity contribution in [2.75, 3.05) is 0 Å². The van der Waals surface area contributed by atoms with Crippen molar-refractivity contribution in [2.45, 2.75) is 39.3 Å². The summed E-state index contributed by atoms with van der Waals surface area (Å²) >= 11 is 0. The lowest BCUT2D eigenvalue weighted by molar-refractivity contribution is 0.469.